The molecule has 1 heterocycles. The molecule has 2 N–H and O–H groups in total. The van der Waals surface area contributed by atoms with Gasteiger partial charge in [0.25, 0.3) is 0 Å². The van der Waals surface area contributed by atoms with E-state index in [0.29, 0.717) is 19.1 Å². The van der Waals surface area contributed by atoms with Gasteiger partial charge in [0.1, 0.15) is 0 Å². The lowest BCUT2D eigenvalue weighted by Crippen LogP contribution is -2.37. The summed E-state index contributed by atoms with van der Waals surface area (Å²) in [5.41, 5.74) is -0.154. The zero-order valence-electron chi connectivity index (χ0n) is 9.61. The van der Waals surface area contributed by atoms with Crippen LogP contribution in [-0.2, 0) is 9.53 Å². The van der Waals surface area contributed by atoms with Crippen LogP contribution in [0.5, 0.6) is 0 Å². The number of nitrogens with one attached hydrogen (secondary N) is 1. The Hall–Kier alpha value is -0.610. The van der Waals surface area contributed by atoms with Crippen LogP contribution in [0.15, 0.2) is 0 Å². The van der Waals surface area contributed by atoms with E-state index in [9.17, 15) is 9.90 Å². The van der Waals surface area contributed by atoms with Crippen molar-refractivity contribution in [1.82, 2.24) is 5.32 Å². The average Bonchev–Trinajstić information content (AvgIpc) is 3.12. The largest absolute Gasteiger partial charge is 0.390 e. The highest BCUT2D eigenvalue weighted by atomic mass is 16.5. The molecule has 90 valence electrons. The fraction of sp³-hybridized carbons (Fsp3) is 0.917. The summed E-state index contributed by atoms with van der Waals surface area (Å²) in [6, 6.07) is 0.138. The summed E-state index contributed by atoms with van der Waals surface area (Å²) < 4.78 is 5.27. The molecule has 1 aliphatic heterocycles. The molecule has 1 amide bonds. The molecule has 0 bridgehead atoms. The van der Waals surface area contributed by atoms with Gasteiger partial charge in [-0.05, 0) is 25.2 Å². The third-order valence-electron chi connectivity index (χ3n) is 4.49. The standard InChI is InChI=1S/C12H19NO3/c1-7(8-2-3-8)11(15)13-9-4-12(9)6-16-5-10(12)14/h7-10,14H,2-6H2,1H3,(H,13,15)/t7?,9-,10-,12?/m1/s1. The van der Waals surface area contributed by atoms with Gasteiger partial charge in [0.2, 0.25) is 5.91 Å². The van der Waals surface area contributed by atoms with Gasteiger partial charge in [-0.1, -0.05) is 6.92 Å². The Bertz CT molecular complexity index is 315. The van der Waals surface area contributed by atoms with Crippen LogP contribution < -0.4 is 5.32 Å². The van der Waals surface area contributed by atoms with Crippen molar-refractivity contribution in [1.29, 1.82) is 0 Å². The molecule has 0 radical (unpaired) electrons. The first-order valence-corrected chi connectivity index (χ1v) is 6.20. The summed E-state index contributed by atoms with van der Waals surface area (Å²) >= 11 is 0. The van der Waals surface area contributed by atoms with Crippen LogP contribution >= 0.6 is 0 Å². The molecule has 2 unspecified atom stereocenters. The maximum Gasteiger partial charge on any atom is 0.223 e. The van der Waals surface area contributed by atoms with Gasteiger partial charge in [-0.2, -0.15) is 0 Å². The van der Waals surface area contributed by atoms with Crippen LogP contribution in [0.3, 0.4) is 0 Å². The Morgan fingerprint density at radius 1 is 1.56 bits per heavy atom. The topological polar surface area (TPSA) is 58.6 Å². The van der Waals surface area contributed by atoms with Crippen molar-refractivity contribution in [3.8, 4) is 0 Å². The van der Waals surface area contributed by atoms with Gasteiger partial charge in [-0.3, -0.25) is 4.79 Å². The number of amides is 1. The fourth-order valence-corrected chi connectivity index (χ4v) is 2.78. The minimum absolute atomic E-state index is 0.136. The van der Waals surface area contributed by atoms with Crippen molar-refractivity contribution in [3.05, 3.63) is 0 Å². The van der Waals surface area contributed by atoms with E-state index < -0.39 is 6.10 Å². The third-order valence-corrected chi connectivity index (χ3v) is 4.49. The van der Waals surface area contributed by atoms with Crippen molar-refractivity contribution in [2.75, 3.05) is 13.2 Å². The minimum Gasteiger partial charge on any atom is -0.390 e. The lowest BCUT2D eigenvalue weighted by Gasteiger charge is -2.15. The number of carbonyl (C=O) groups is 1. The Labute approximate surface area is 95.4 Å². The molecule has 0 aromatic heterocycles. The van der Waals surface area contributed by atoms with Crippen molar-refractivity contribution < 1.29 is 14.6 Å². The van der Waals surface area contributed by atoms with Crippen molar-refractivity contribution >= 4 is 5.91 Å². The molecule has 2 saturated carbocycles. The number of hydrogen-bond acceptors (Lipinski definition) is 3. The van der Waals surface area contributed by atoms with Gasteiger partial charge < -0.3 is 15.2 Å². The van der Waals surface area contributed by atoms with E-state index in [4.69, 9.17) is 4.74 Å². The molecule has 1 spiro atoms. The van der Waals surface area contributed by atoms with Gasteiger partial charge in [0.15, 0.2) is 0 Å². The predicted octanol–water partition coefficient (Wildman–Crippen LogP) is 0.298. The molecule has 0 aromatic rings. The van der Waals surface area contributed by atoms with Crippen molar-refractivity contribution in [2.24, 2.45) is 17.3 Å². The molecule has 4 heteroatoms. The number of aliphatic hydroxyl groups excluding tert-OH is 1. The Kier molecular flexibility index (Phi) is 2.27. The predicted molar refractivity (Wildman–Crippen MR) is 57.7 cm³/mol. The van der Waals surface area contributed by atoms with E-state index in [-0.39, 0.29) is 23.3 Å². The zero-order valence-corrected chi connectivity index (χ0v) is 9.61. The van der Waals surface area contributed by atoms with Crippen LogP contribution in [0.4, 0.5) is 0 Å². The van der Waals surface area contributed by atoms with E-state index in [0.717, 1.165) is 6.42 Å². The van der Waals surface area contributed by atoms with Gasteiger partial charge in [0, 0.05) is 17.4 Å². The summed E-state index contributed by atoms with van der Waals surface area (Å²) in [5, 5.41) is 12.8. The van der Waals surface area contributed by atoms with E-state index in [2.05, 4.69) is 5.32 Å². The number of aliphatic hydroxyl groups is 1. The Balaban J connectivity index is 1.55. The molecule has 3 aliphatic rings. The van der Waals surface area contributed by atoms with Crippen molar-refractivity contribution in [3.63, 3.8) is 0 Å². The first-order chi connectivity index (χ1) is 7.63. The molecule has 3 fully saturated rings. The fourth-order valence-electron chi connectivity index (χ4n) is 2.78. The quantitative estimate of drug-likeness (QED) is 0.726. The van der Waals surface area contributed by atoms with Crippen LogP contribution in [0, 0.1) is 17.3 Å². The van der Waals surface area contributed by atoms with Crippen LogP contribution in [-0.4, -0.2) is 36.4 Å². The van der Waals surface area contributed by atoms with E-state index >= 15 is 0 Å². The molecule has 0 aromatic carbocycles. The second kappa shape index (κ2) is 3.44. The summed E-state index contributed by atoms with van der Waals surface area (Å²) in [5.74, 6) is 0.889. The first kappa shape index (κ1) is 10.5. The monoisotopic (exact) mass is 225 g/mol. The summed E-state index contributed by atoms with van der Waals surface area (Å²) in [6.45, 7) is 3.02. The van der Waals surface area contributed by atoms with E-state index in [1.807, 2.05) is 6.92 Å². The maximum absolute atomic E-state index is 11.9. The molecular weight excluding hydrogens is 206 g/mol. The number of rotatable bonds is 3. The molecule has 3 rings (SSSR count). The Morgan fingerprint density at radius 3 is 2.88 bits per heavy atom. The highest BCUT2D eigenvalue weighted by Gasteiger charge is 2.62. The third kappa shape index (κ3) is 1.55. The maximum atomic E-state index is 11.9. The van der Waals surface area contributed by atoms with Crippen LogP contribution in [0.25, 0.3) is 0 Å². The lowest BCUT2D eigenvalue weighted by atomic mass is 10.0. The van der Waals surface area contributed by atoms with Crippen LogP contribution in [0.2, 0.25) is 0 Å². The SMILES string of the molecule is CC(C(=O)N[C@@H]1CC12COC[C@H]2O)C1CC1. The van der Waals surface area contributed by atoms with E-state index in [1.54, 1.807) is 0 Å². The molecule has 16 heavy (non-hydrogen) atoms. The number of carbonyl (C=O) groups excluding carboxylic acids is 1. The number of hydrogen-bond donors (Lipinski definition) is 2. The van der Waals surface area contributed by atoms with Crippen LogP contribution in [0.1, 0.15) is 26.2 Å². The smallest absolute Gasteiger partial charge is 0.223 e. The summed E-state index contributed by atoms with van der Waals surface area (Å²) in [7, 11) is 0. The summed E-state index contributed by atoms with van der Waals surface area (Å²) in [6.07, 6.45) is 2.86. The van der Waals surface area contributed by atoms with Gasteiger partial charge in [-0.25, -0.2) is 0 Å². The van der Waals surface area contributed by atoms with Gasteiger partial charge in [-0.15, -0.1) is 0 Å². The molecule has 1 saturated heterocycles. The van der Waals surface area contributed by atoms with Crippen molar-refractivity contribution in [2.45, 2.75) is 38.3 Å². The highest BCUT2D eigenvalue weighted by molar-refractivity contribution is 5.79. The second-order valence-corrected chi connectivity index (χ2v) is 5.66. The molecule has 2 aliphatic carbocycles. The molecule has 4 nitrogen and oxygen atoms in total. The normalized spacial score (nSPS) is 43.4. The lowest BCUT2D eigenvalue weighted by molar-refractivity contribution is -0.125. The van der Waals surface area contributed by atoms with E-state index in [1.165, 1.54) is 12.8 Å². The second-order valence-electron chi connectivity index (χ2n) is 5.66. The minimum atomic E-state index is -0.394. The zero-order chi connectivity index (χ0) is 11.3. The summed E-state index contributed by atoms with van der Waals surface area (Å²) in [4.78, 5) is 11.9. The molecular formula is C12H19NO3. The van der Waals surface area contributed by atoms with Gasteiger partial charge >= 0.3 is 0 Å². The first-order valence-electron chi connectivity index (χ1n) is 6.20. The number of ether oxygens (including phenoxy) is 1. The van der Waals surface area contributed by atoms with Gasteiger partial charge in [0.05, 0.1) is 19.3 Å². The Morgan fingerprint density at radius 2 is 2.31 bits per heavy atom. The average molecular weight is 225 g/mol. The highest BCUT2D eigenvalue weighted by Crippen LogP contribution is 2.52. The molecule has 4 atom stereocenters.